The molecule has 0 aliphatic carbocycles. The molecule has 0 spiro atoms. The third-order valence-corrected chi connectivity index (χ3v) is 5.34. The number of aromatic nitrogens is 5. The number of amides is 1. The molecule has 0 saturated carbocycles. The van der Waals surface area contributed by atoms with Gasteiger partial charge in [-0.05, 0) is 30.5 Å². The van der Waals surface area contributed by atoms with Crippen LogP contribution >= 0.6 is 0 Å². The Morgan fingerprint density at radius 2 is 2.03 bits per heavy atom. The van der Waals surface area contributed by atoms with Crippen LogP contribution in [-0.4, -0.2) is 74.3 Å². The Bertz CT molecular complexity index is 1080. The maximum atomic E-state index is 13.0. The number of carbonyl (C=O) groups is 2. The zero-order valence-electron chi connectivity index (χ0n) is 17.1. The Hall–Kier alpha value is -3.30. The van der Waals surface area contributed by atoms with Crippen LogP contribution in [0.4, 0.5) is 10.3 Å². The molecular weight excluding hydrogens is 389 g/mol. The van der Waals surface area contributed by atoms with E-state index in [1.54, 1.807) is 46.7 Å². The SMILES string of the molecule is CN(CCF)c1nc2cc(CC(=O)c3c(C(=O)N4CCCC4)cnn3C)ccn2n1. The molecule has 1 aliphatic rings. The number of Topliss-reactive ketones (excluding diaryl/α,β-unsaturated/α-hetero) is 1. The van der Waals surface area contributed by atoms with Crippen molar-refractivity contribution in [1.82, 2.24) is 29.3 Å². The fraction of sp³-hybridized carbons (Fsp3) is 0.450. The number of halogens is 1. The summed E-state index contributed by atoms with van der Waals surface area (Å²) >= 11 is 0. The van der Waals surface area contributed by atoms with Crippen molar-refractivity contribution in [2.75, 3.05) is 38.3 Å². The van der Waals surface area contributed by atoms with Gasteiger partial charge >= 0.3 is 0 Å². The topological polar surface area (TPSA) is 88.6 Å². The first kappa shape index (κ1) is 20.0. The average molecular weight is 413 g/mol. The maximum absolute atomic E-state index is 13.0. The minimum atomic E-state index is -0.491. The Balaban J connectivity index is 1.56. The van der Waals surface area contributed by atoms with Crippen molar-refractivity contribution < 1.29 is 14.0 Å². The molecule has 4 rings (SSSR count). The third kappa shape index (κ3) is 3.77. The van der Waals surface area contributed by atoms with Gasteiger partial charge in [0, 0.05) is 46.3 Å². The van der Waals surface area contributed by atoms with E-state index in [0.29, 0.717) is 35.9 Å². The number of alkyl halides is 1. The van der Waals surface area contributed by atoms with Crippen LogP contribution < -0.4 is 4.90 Å². The molecule has 0 N–H and O–H groups in total. The molecule has 4 heterocycles. The van der Waals surface area contributed by atoms with Gasteiger partial charge in [-0.2, -0.15) is 10.1 Å². The molecule has 1 fully saturated rings. The second-order valence-corrected chi connectivity index (χ2v) is 7.49. The van der Waals surface area contributed by atoms with Crippen molar-refractivity contribution >= 4 is 23.3 Å². The summed E-state index contributed by atoms with van der Waals surface area (Å²) in [6.07, 6.45) is 5.27. The summed E-state index contributed by atoms with van der Waals surface area (Å²) in [4.78, 5) is 33.6. The van der Waals surface area contributed by atoms with E-state index in [9.17, 15) is 14.0 Å². The van der Waals surface area contributed by atoms with E-state index in [-0.39, 0.29) is 24.7 Å². The summed E-state index contributed by atoms with van der Waals surface area (Å²) in [6, 6.07) is 3.56. The van der Waals surface area contributed by atoms with Crippen LogP contribution in [0.1, 0.15) is 39.3 Å². The molecule has 1 saturated heterocycles. The lowest BCUT2D eigenvalue weighted by Gasteiger charge is -2.15. The molecule has 0 aromatic carbocycles. The average Bonchev–Trinajstić information content (AvgIpc) is 3.46. The zero-order valence-corrected chi connectivity index (χ0v) is 17.1. The summed E-state index contributed by atoms with van der Waals surface area (Å²) in [5.74, 6) is 0.0924. The first-order chi connectivity index (χ1) is 14.5. The zero-order chi connectivity index (χ0) is 21.3. The van der Waals surface area contributed by atoms with Crippen LogP contribution in [0.5, 0.6) is 0 Å². The van der Waals surface area contributed by atoms with Gasteiger partial charge in [0.05, 0.1) is 11.8 Å². The molecular formula is C20H24FN7O2. The quantitative estimate of drug-likeness (QED) is 0.546. The minimum absolute atomic E-state index is 0.110. The standard InChI is InChI=1S/C20H24FN7O2/c1-25(10-6-21)20-23-17-12-14(5-9-28(17)24-20)11-16(29)18-15(13-22-26(18)2)19(30)27-7-3-4-8-27/h5,9,12-13H,3-4,6-8,10-11H2,1-2H3. The van der Waals surface area contributed by atoms with Gasteiger partial charge in [-0.3, -0.25) is 14.3 Å². The van der Waals surface area contributed by atoms with Crippen molar-refractivity contribution in [2.24, 2.45) is 7.05 Å². The number of hydrogen-bond acceptors (Lipinski definition) is 6. The lowest BCUT2D eigenvalue weighted by molar-refractivity contribution is 0.0786. The van der Waals surface area contributed by atoms with Crippen molar-refractivity contribution in [2.45, 2.75) is 19.3 Å². The van der Waals surface area contributed by atoms with Crippen molar-refractivity contribution in [3.63, 3.8) is 0 Å². The van der Waals surface area contributed by atoms with Crippen molar-refractivity contribution in [1.29, 1.82) is 0 Å². The lowest BCUT2D eigenvalue weighted by atomic mass is 10.0. The van der Waals surface area contributed by atoms with Crippen LogP contribution in [0, 0.1) is 0 Å². The number of ketones is 1. The summed E-state index contributed by atoms with van der Waals surface area (Å²) in [5.41, 5.74) is 1.99. The molecule has 0 bridgehead atoms. The molecule has 9 nitrogen and oxygen atoms in total. The maximum Gasteiger partial charge on any atom is 0.257 e. The number of pyridine rings is 1. The largest absolute Gasteiger partial charge is 0.340 e. The first-order valence-electron chi connectivity index (χ1n) is 9.95. The van der Waals surface area contributed by atoms with Gasteiger partial charge < -0.3 is 9.80 Å². The molecule has 1 aliphatic heterocycles. The summed E-state index contributed by atoms with van der Waals surface area (Å²) < 4.78 is 15.6. The lowest BCUT2D eigenvalue weighted by Crippen LogP contribution is -2.29. The highest BCUT2D eigenvalue weighted by molar-refractivity contribution is 6.07. The molecule has 0 radical (unpaired) electrons. The van der Waals surface area contributed by atoms with E-state index in [1.165, 1.54) is 10.9 Å². The van der Waals surface area contributed by atoms with Gasteiger partial charge in [-0.25, -0.2) is 8.91 Å². The second kappa shape index (κ2) is 8.21. The van der Waals surface area contributed by atoms with E-state index in [2.05, 4.69) is 15.2 Å². The third-order valence-electron chi connectivity index (χ3n) is 5.34. The number of anilines is 1. The van der Waals surface area contributed by atoms with Crippen LogP contribution in [0.2, 0.25) is 0 Å². The second-order valence-electron chi connectivity index (χ2n) is 7.49. The Labute approximate surface area is 173 Å². The first-order valence-corrected chi connectivity index (χ1v) is 9.95. The van der Waals surface area contributed by atoms with Crippen LogP contribution in [0.25, 0.3) is 5.65 Å². The minimum Gasteiger partial charge on any atom is -0.340 e. The summed E-state index contributed by atoms with van der Waals surface area (Å²) in [7, 11) is 3.39. The molecule has 0 atom stereocenters. The molecule has 1 amide bonds. The molecule has 3 aromatic heterocycles. The Morgan fingerprint density at radius 1 is 1.27 bits per heavy atom. The van der Waals surface area contributed by atoms with Crippen LogP contribution in [0.3, 0.4) is 0 Å². The smallest absolute Gasteiger partial charge is 0.257 e. The number of hydrogen-bond donors (Lipinski definition) is 0. The number of nitrogens with zero attached hydrogens (tertiary/aromatic N) is 7. The van der Waals surface area contributed by atoms with E-state index in [1.807, 2.05) is 0 Å². The number of carbonyl (C=O) groups excluding carboxylic acids is 2. The highest BCUT2D eigenvalue weighted by atomic mass is 19.1. The van der Waals surface area contributed by atoms with Crippen molar-refractivity contribution in [3.8, 4) is 0 Å². The number of rotatable bonds is 7. The predicted molar refractivity (Wildman–Crippen MR) is 109 cm³/mol. The highest BCUT2D eigenvalue weighted by Crippen LogP contribution is 2.18. The summed E-state index contributed by atoms with van der Waals surface area (Å²) in [6.45, 7) is 1.14. The van der Waals surface area contributed by atoms with Gasteiger partial charge in [0.1, 0.15) is 12.4 Å². The monoisotopic (exact) mass is 413 g/mol. The fourth-order valence-electron chi connectivity index (χ4n) is 3.69. The molecule has 10 heteroatoms. The molecule has 30 heavy (non-hydrogen) atoms. The van der Waals surface area contributed by atoms with Crippen molar-refractivity contribution in [3.05, 3.63) is 41.3 Å². The van der Waals surface area contributed by atoms with E-state index in [0.717, 1.165) is 18.4 Å². The van der Waals surface area contributed by atoms with E-state index < -0.39 is 6.67 Å². The normalized spacial score (nSPS) is 13.9. The van der Waals surface area contributed by atoms with Crippen LogP contribution in [0.15, 0.2) is 24.5 Å². The molecule has 0 unspecified atom stereocenters. The van der Waals surface area contributed by atoms with Gasteiger partial charge in [0.2, 0.25) is 5.95 Å². The summed E-state index contributed by atoms with van der Waals surface area (Å²) in [5, 5.41) is 8.46. The van der Waals surface area contributed by atoms with Gasteiger partial charge in [0.15, 0.2) is 11.4 Å². The van der Waals surface area contributed by atoms with E-state index >= 15 is 0 Å². The molecule has 158 valence electrons. The number of fused-ring (bicyclic) bond motifs is 1. The van der Waals surface area contributed by atoms with Gasteiger partial charge in [-0.1, -0.05) is 0 Å². The van der Waals surface area contributed by atoms with Gasteiger partial charge in [0.25, 0.3) is 5.91 Å². The number of aryl methyl sites for hydroxylation is 1. The highest BCUT2D eigenvalue weighted by Gasteiger charge is 2.27. The fourth-order valence-corrected chi connectivity index (χ4v) is 3.69. The van der Waals surface area contributed by atoms with E-state index in [4.69, 9.17) is 0 Å². The predicted octanol–water partition coefficient (Wildman–Crippen LogP) is 1.53. The van der Waals surface area contributed by atoms with Crippen LogP contribution in [-0.2, 0) is 13.5 Å². The van der Waals surface area contributed by atoms with Gasteiger partial charge in [-0.15, -0.1) is 5.10 Å². The molecule has 3 aromatic rings. The number of likely N-dealkylation sites (tertiary alicyclic amines) is 1. The Morgan fingerprint density at radius 3 is 2.77 bits per heavy atom. The Kier molecular flexibility index (Phi) is 5.47.